The van der Waals surface area contributed by atoms with Crippen molar-refractivity contribution in [1.29, 1.82) is 0 Å². The molecule has 1 aromatic rings. The quantitative estimate of drug-likeness (QED) is 0.739. The number of rotatable bonds is 8. The highest BCUT2D eigenvalue weighted by molar-refractivity contribution is 7.89. The number of hydrogen-bond donors (Lipinski definition) is 1. The van der Waals surface area contributed by atoms with Crippen LogP contribution in [0.1, 0.15) is 37.7 Å². The molecule has 2 rings (SSSR count). The van der Waals surface area contributed by atoms with Gasteiger partial charge in [0.15, 0.2) is 0 Å². The Morgan fingerprint density at radius 3 is 2.57 bits per heavy atom. The average molecular weight is 340 g/mol. The second-order valence-corrected chi connectivity index (χ2v) is 8.24. The molecule has 0 aromatic heterocycles. The lowest BCUT2D eigenvalue weighted by molar-refractivity contribution is 0.210. The van der Waals surface area contributed by atoms with Crippen molar-refractivity contribution < 1.29 is 13.2 Å². The molecule has 0 amide bonds. The van der Waals surface area contributed by atoms with E-state index in [-0.39, 0.29) is 6.10 Å². The molecule has 1 N–H and O–H groups in total. The molecule has 5 nitrogen and oxygen atoms in total. The number of nitrogens with one attached hydrogen (secondary N) is 1. The molecule has 0 saturated heterocycles. The topological polar surface area (TPSA) is 58.6 Å². The summed E-state index contributed by atoms with van der Waals surface area (Å²) in [5.41, 5.74) is 0.723. The fraction of sp³-hybridized carbons (Fsp3) is 0.647. The van der Waals surface area contributed by atoms with Crippen LogP contribution in [0.2, 0.25) is 0 Å². The summed E-state index contributed by atoms with van der Waals surface area (Å²) in [6.07, 6.45) is 5.67. The van der Waals surface area contributed by atoms with Crippen molar-refractivity contribution in [2.24, 2.45) is 0 Å². The Morgan fingerprint density at radius 1 is 1.26 bits per heavy atom. The number of benzene rings is 1. The van der Waals surface area contributed by atoms with Gasteiger partial charge in [-0.1, -0.05) is 0 Å². The van der Waals surface area contributed by atoms with Gasteiger partial charge in [-0.15, -0.1) is 0 Å². The Labute approximate surface area is 140 Å². The Kier molecular flexibility index (Phi) is 6.44. The molecule has 1 aromatic carbocycles. The molecular weight excluding hydrogens is 312 g/mol. The van der Waals surface area contributed by atoms with Gasteiger partial charge in [0.2, 0.25) is 10.0 Å². The van der Waals surface area contributed by atoms with E-state index in [1.807, 2.05) is 32.0 Å². The molecule has 0 aliphatic heterocycles. The monoisotopic (exact) mass is 340 g/mol. The van der Waals surface area contributed by atoms with Gasteiger partial charge in [-0.05, 0) is 83.4 Å². The van der Waals surface area contributed by atoms with E-state index >= 15 is 0 Å². The Bertz CT molecular complexity index is 608. The standard InChI is InChI=1S/C17H28N2O3S/c1-14-13-16(22-15-7-4-5-8-15)9-10-17(14)23(20,21)18-11-6-12-19(2)3/h9-10,13,15,18H,4-8,11-12H2,1-3H3. The van der Waals surface area contributed by atoms with Crippen molar-refractivity contribution >= 4 is 10.0 Å². The molecule has 130 valence electrons. The first kappa shape index (κ1) is 18.2. The lowest BCUT2D eigenvalue weighted by atomic mass is 10.2. The van der Waals surface area contributed by atoms with E-state index in [0.29, 0.717) is 11.4 Å². The summed E-state index contributed by atoms with van der Waals surface area (Å²) in [6.45, 7) is 3.12. The average Bonchev–Trinajstić information content (AvgIpc) is 2.96. The van der Waals surface area contributed by atoms with Crippen LogP contribution in [0.5, 0.6) is 5.75 Å². The van der Waals surface area contributed by atoms with Gasteiger partial charge in [0.25, 0.3) is 0 Å². The molecule has 1 aliphatic rings. The van der Waals surface area contributed by atoms with Crippen molar-refractivity contribution in [3.63, 3.8) is 0 Å². The van der Waals surface area contributed by atoms with E-state index in [2.05, 4.69) is 4.72 Å². The predicted octanol–water partition coefficient (Wildman–Crippen LogP) is 2.55. The lowest BCUT2D eigenvalue weighted by Crippen LogP contribution is -2.27. The fourth-order valence-electron chi connectivity index (χ4n) is 2.87. The van der Waals surface area contributed by atoms with Gasteiger partial charge in [-0.2, -0.15) is 0 Å². The minimum atomic E-state index is -3.46. The first-order chi connectivity index (χ1) is 10.9. The molecule has 1 fully saturated rings. The summed E-state index contributed by atoms with van der Waals surface area (Å²) >= 11 is 0. The van der Waals surface area contributed by atoms with Crippen LogP contribution in [0.15, 0.2) is 23.1 Å². The Hall–Kier alpha value is -1.11. The van der Waals surface area contributed by atoms with Crippen LogP contribution < -0.4 is 9.46 Å². The van der Waals surface area contributed by atoms with Crippen LogP contribution in [0.3, 0.4) is 0 Å². The second-order valence-electron chi connectivity index (χ2n) is 6.51. The van der Waals surface area contributed by atoms with Gasteiger partial charge in [0, 0.05) is 6.54 Å². The first-order valence-corrected chi connectivity index (χ1v) is 9.78. The van der Waals surface area contributed by atoms with Gasteiger partial charge >= 0.3 is 0 Å². The van der Waals surface area contributed by atoms with Crippen LogP contribution in [0, 0.1) is 6.92 Å². The van der Waals surface area contributed by atoms with Crippen LogP contribution in [0.25, 0.3) is 0 Å². The zero-order valence-electron chi connectivity index (χ0n) is 14.3. The maximum atomic E-state index is 12.4. The maximum absolute atomic E-state index is 12.4. The van der Waals surface area contributed by atoms with Crippen molar-refractivity contribution in [3.8, 4) is 5.75 Å². The first-order valence-electron chi connectivity index (χ1n) is 8.30. The van der Waals surface area contributed by atoms with Crippen LogP contribution >= 0.6 is 0 Å². The number of hydrogen-bond acceptors (Lipinski definition) is 4. The highest BCUT2D eigenvalue weighted by Crippen LogP contribution is 2.26. The molecule has 0 atom stereocenters. The zero-order chi connectivity index (χ0) is 16.9. The Balaban J connectivity index is 1.98. The summed E-state index contributed by atoms with van der Waals surface area (Å²) in [5.74, 6) is 0.765. The second kappa shape index (κ2) is 8.13. The summed E-state index contributed by atoms with van der Waals surface area (Å²) in [4.78, 5) is 2.37. The summed E-state index contributed by atoms with van der Waals surface area (Å²) in [7, 11) is 0.491. The minimum Gasteiger partial charge on any atom is -0.490 e. The summed E-state index contributed by atoms with van der Waals surface area (Å²) in [6, 6.07) is 5.24. The van der Waals surface area contributed by atoms with E-state index in [9.17, 15) is 8.42 Å². The highest BCUT2D eigenvalue weighted by Gasteiger charge is 2.19. The highest BCUT2D eigenvalue weighted by atomic mass is 32.2. The zero-order valence-corrected chi connectivity index (χ0v) is 15.2. The molecule has 1 aliphatic carbocycles. The van der Waals surface area contributed by atoms with Crippen molar-refractivity contribution in [3.05, 3.63) is 23.8 Å². The van der Waals surface area contributed by atoms with E-state index in [1.165, 1.54) is 12.8 Å². The van der Waals surface area contributed by atoms with Gasteiger partial charge in [-0.25, -0.2) is 13.1 Å². The molecular formula is C17H28N2O3S. The molecule has 0 unspecified atom stereocenters. The predicted molar refractivity (Wildman–Crippen MR) is 92.4 cm³/mol. The third-order valence-electron chi connectivity index (χ3n) is 4.12. The van der Waals surface area contributed by atoms with E-state index in [0.717, 1.165) is 37.1 Å². The summed E-state index contributed by atoms with van der Waals surface area (Å²) in [5, 5.41) is 0. The van der Waals surface area contributed by atoms with Crippen LogP contribution in [-0.4, -0.2) is 46.6 Å². The molecule has 1 saturated carbocycles. The van der Waals surface area contributed by atoms with Crippen molar-refractivity contribution in [1.82, 2.24) is 9.62 Å². The smallest absolute Gasteiger partial charge is 0.240 e. The molecule has 0 spiro atoms. The lowest BCUT2D eigenvalue weighted by Gasteiger charge is -2.15. The fourth-order valence-corrected chi connectivity index (χ4v) is 4.17. The molecule has 6 heteroatoms. The van der Waals surface area contributed by atoms with Crippen molar-refractivity contribution in [2.45, 2.75) is 50.0 Å². The van der Waals surface area contributed by atoms with Gasteiger partial charge in [0.1, 0.15) is 5.75 Å². The summed E-state index contributed by atoms with van der Waals surface area (Å²) < 4.78 is 33.4. The van der Waals surface area contributed by atoms with Crippen LogP contribution in [-0.2, 0) is 10.0 Å². The number of sulfonamides is 1. The Morgan fingerprint density at radius 2 is 1.96 bits per heavy atom. The van der Waals surface area contributed by atoms with Crippen LogP contribution in [0.4, 0.5) is 0 Å². The third-order valence-corrected chi connectivity index (χ3v) is 5.74. The maximum Gasteiger partial charge on any atom is 0.240 e. The normalized spacial score (nSPS) is 16.2. The third kappa shape index (κ3) is 5.48. The van der Waals surface area contributed by atoms with Gasteiger partial charge < -0.3 is 9.64 Å². The number of nitrogens with zero attached hydrogens (tertiary/aromatic N) is 1. The minimum absolute atomic E-state index is 0.279. The van der Waals surface area contributed by atoms with Crippen molar-refractivity contribution in [2.75, 3.05) is 27.2 Å². The molecule has 0 radical (unpaired) electrons. The van der Waals surface area contributed by atoms with E-state index in [1.54, 1.807) is 12.1 Å². The SMILES string of the molecule is Cc1cc(OC2CCCC2)ccc1S(=O)(=O)NCCCN(C)C. The molecule has 0 bridgehead atoms. The van der Waals surface area contributed by atoms with Gasteiger partial charge in [-0.3, -0.25) is 0 Å². The number of aryl methyl sites for hydroxylation is 1. The number of ether oxygens (including phenoxy) is 1. The molecule has 23 heavy (non-hydrogen) atoms. The van der Waals surface area contributed by atoms with Gasteiger partial charge in [0.05, 0.1) is 11.0 Å². The van der Waals surface area contributed by atoms with E-state index < -0.39 is 10.0 Å². The van der Waals surface area contributed by atoms with E-state index in [4.69, 9.17) is 4.74 Å². The molecule has 0 heterocycles. The largest absolute Gasteiger partial charge is 0.490 e.